The number of rotatable bonds is 4. The van der Waals surface area contributed by atoms with E-state index in [0.29, 0.717) is 0 Å². The molecule has 1 aromatic carbocycles. The first-order valence-corrected chi connectivity index (χ1v) is 9.25. The van der Waals surface area contributed by atoms with Crippen LogP contribution in [0.25, 0.3) is 0 Å². The molecule has 5 nitrogen and oxygen atoms in total. The van der Waals surface area contributed by atoms with E-state index >= 15 is 0 Å². The zero-order valence-electron chi connectivity index (χ0n) is 12.0. The third-order valence-corrected chi connectivity index (χ3v) is 4.93. The Bertz CT molecular complexity index is 750. The number of hydrogen-bond acceptors (Lipinski definition) is 4. The summed E-state index contributed by atoms with van der Waals surface area (Å²) in [5, 5.41) is 4.31. The molecule has 0 aliphatic heterocycles. The Labute approximate surface area is 127 Å². The third-order valence-electron chi connectivity index (χ3n) is 3.00. The van der Waals surface area contributed by atoms with Gasteiger partial charge in [-0.05, 0) is 31.0 Å². The van der Waals surface area contributed by atoms with E-state index < -0.39 is 12.7 Å². The summed E-state index contributed by atoms with van der Waals surface area (Å²) in [4.78, 5) is 12.4. The Morgan fingerprint density at radius 1 is 1.29 bits per heavy atom. The highest BCUT2D eigenvalue weighted by Gasteiger charge is 2.21. The lowest BCUT2D eigenvalue weighted by Crippen LogP contribution is -2.36. The number of hydrogen-bond donors (Lipinski definition) is 0. The maximum Gasteiger partial charge on any atom is 0.279 e. The van der Waals surface area contributed by atoms with Crippen molar-refractivity contribution in [2.45, 2.75) is 6.54 Å². The molecule has 0 amide bonds. The van der Waals surface area contributed by atoms with Crippen LogP contribution in [-0.4, -0.2) is 30.2 Å². The van der Waals surface area contributed by atoms with Gasteiger partial charge >= 0.3 is 0 Å². The van der Waals surface area contributed by atoms with Crippen molar-refractivity contribution in [2.75, 3.05) is 20.4 Å². The summed E-state index contributed by atoms with van der Waals surface area (Å²) in [6, 6.07) is 7.31. The maximum atomic E-state index is 12.4. The van der Waals surface area contributed by atoms with Gasteiger partial charge < -0.3 is 9.30 Å². The van der Waals surface area contributed by atoms with E-state index in [0.717, 1.165) is 11.3 Å². The first-order valence-electron chi connectivity index (χ1n) is 6.27. The molecule has 0 aliphatic rings. The van der Waals surface area contributed by atoms with Crippen LogP contribution in [0.2, 0.25) is 5.02 Å². The Morgan fingerprint density at radius 3 is 2.43 bits per heavy atom. The molecule has 7 heteroatoms. The Hall–Kier alpha value is -1.58. The van der Waals surface area contributed by atoms with Crippen molar-refractivity contribution >= 4 is 24.0 Å². The molecule has 0 atom stereocenters. The predicted molar refractivity (Wildman–Crippen MR) is 84.7 cm³/mol. The van der Waals surface area contributed by atoms with E-state index in [9.17, 15) is 9.36 Å². The fourth-order valence-corrected chi connectivity index (χ4v) is 3.85. The van der Waals surface area contributed by atoms with Crippen molar-refractivity contribution in [3.8, 4) is 5.75 Å². The van der Waals surface area contributed by atoms with E-state index in [2.05, 4.69) is 5.10 Å². The zero-order chi connectivity index (χ0) is 15.6. The monoisotopic (exact) mass is 326 g/mol. The van der Waals surface area contributed by atoms with Gasteiger partial charge in [0.2, 0.25) is 0 Å². The van der Waals surface area contributed by atoms with Crippen molar-refractivity contribution in [3.05, 3.63) is 51.4 Å². The number of methoxy groups -OCH3 is 1. The molecule has 0 aliphatic carbocycles. The fraction of sp³-hybridized carbons (Fsp3) is 0.286. The van der Waals surface area contributed by atoms with Crippen molar-refractivity contribution in [1.82, 2.24) is 9.78 Å². The van der Waals surface area contributed by atoms with Crippen LogP contribution in [0.5, 0.6) is 5.75 Å². The minimum atomic E-state index is -2.76. The second kappa shape index (κ2) is 6.04. The smallest absolute Gasteiger partial charge is 0.279 e. The fourth-order valence-electron chi connectivity index (χ4n) is 1.96. The molecule has 0 fully saturated rings. The molecular weight excluding hydrogens is 311 g/mol. The second-order valence-corrected chi connectivity index (χ2v) is 8.56. The number of ether oxygens (including phenoxy) is 1. The quantitative estimate of drug-likeness (QED) is 0.808. The first-order chi connectivity index (χ1) is 9.82. The Kier molecular flexibility index (Phi) is 4.55. The number of benzene rings is 1. The van der Waals surface area contributed by atoms with Gasteiger partial charge in [-0.2, -0.15) is 5.10 Å². The molecule has 0 saturated carbocycles. The zero-order valence-corrected chi connectivity index (χ0v) is 13.7. The van der Waals surface area contributed by atoms with Crippen molar-refractivity contribution < 1.29 is 9.30 Å². The molecule has 0 N–H and O–H groups in total. The number of aromatic nitrogens is 2. The lowest BCUT2D eigenvalue weighted by molar-refractivity contribution is 0.414. The van der Waals surface area contributed by atoms with Crippen molar-refractivity contribution in [3.63, 3.8) is 0 Å². The minimum absolute atomic E-state index is 0.146. The number of nitrogens with zero attached hydrogens (tertiary/aromatic N) is 2. The van der Waals surface area contributed by atoms with Gasteiger partial charge in [0, 0.05) is 0 Å². The molecule has 0 unspecified atom stereocenters. The van der Waals surface area contributed by atoms with Gasteiger partial charge in [0.15, 0.2) is 0 Å². The van der Waals surface area contributed by atoms with Gasteiger partial charge in [-0.15, -0.1) is 0 Å². The average molecular weight is 327 g/mol. The van der Waals surface area contributed by atoms with Crippen LogP contribution in [-0.2, 0) is 11.1 Å². The summed E-state index contributed by atoms with van der Waals surface area (Å²) in [6.07, 6.45) is 1.36. The van der Waals surface area contributed by atoms with Gasteiger partial charge in [-0.25, -0.2) is 4.68 Å². The Morgan fingerprint density at radius 2 is 1.90 bits per heavy atom. The van der Waals surface area contributed by atoms with Crippen molar-refractivity contribution in [1.29, 1.82) is 0 Å². The molecule has 2 aromatic rings. The maximum absolute atomic E-state index is 12.4. The van der Waals surface area contributed by atoms with Crippen LogP contribution in [0.1, 0.15) is 5.56 Å². The third kappa shape index (κ3) is 3.55. The number of halogens is 1. The van der Waals surface area contributed by atoms with Crippen LogP contribution in [0.15, 0.2) is 35.3 Å². The lowest BCUT2D eigenvalue weighted by atomic mass is 10.2. The summed E-state index contributed by atoms with van der Waals surface area (Å²) < 4.78 is 18.6. The lowest BCUT2D eigenvalue weighted by Gasteiger charge is -2.11. The van der Waals surface area contributed by atoms with Gasteiger partial charge in [0.1, 0.15) is 12.9 Å². The molecule has 2 rings (SSSR count). The SMILES string of the molecule is COc1ccc(Cn2ncc(Cl)c(P(C)(C)=O)c2=O)cc1. The van der Waals surface area contributed by atoms with Crippen molar-refractivity contribution in [2.24, 2.45) is 0 Å². The van der Waals surface area contributed by atoms with Crippen LogP contribution < -0.4 is 15.6 Å². The largest absolute Gasteiger partial charge is 0.497 e. The minimum Gasteiger partial charge on any atom is -0.497 e. The summed E-state index contributed by atoms with van der Waals surface area (Å²) in [5.74, 6) is 0.738. The summed E-state index contributed by atoms with van der Waals surface area (Å²) in [7, 11) is -1.17. The van der Waals surface area contributed by atoms with Gasteiger partial charge in [0.25, 0.3) is 5.56 Å². The molecule has 0 bridgehead atoms. The molecule has 21 heavy (non-hydrogen) atoms. The molecule has 1 aromatic heterocycles. The highest BCUT2D eigenvalue weighted by Crippen LogP contribution is 2.35. The van der Waals surface area contributed by atoms with Gasteiger partial charge in [-0.3, -0.25) is 4.79 Å². The standard InChI is InChI=1S/C14H16ClN2O3P/c1-20-11-6-4-10(5-7-11)9-17-14(18)13(21(2,3)19)12(15)8-16-17/h4-8H,9H2,1-3H3. The normalized spacial score (nSPS) is 11.4. The van der Waals surface area contributed by atoms with E-state index in [-0.39, 0.29) is 16.9 Å². The van der Waals surface area contributed by atoms with E-state index in [1.165, 1.54) is 24.2 Å². The molecule has 1 heterocycles. The van der Waals surface area contributed by atoms with Gasteiger partial charge in [0.05, 0.1) is 30.2 Å². The van der Waals surface area contributed by atoms with E-state index in [4.69, 9.17) is 16.3 Å². The molecule has 0 radical (unpaired) electrons. The van der Waals surface area contributed by atoms with Crippen LogP contribution in [0.3, 0.4) is 0 Å². The summed E-state index contributed by atoms with van der Waals surface area (Å²) in [5.41, 5.74) is 0.479. The van der Waals surface area contributed by atoms with Crippen LogP contribution >= 0.6 is 18.7 Å². The molecular formula is C14H16ClN2O3P. The molecule has 0 saturated heterocycles. The van der Waals surface area contributed by atoms with E-state index in [1.807, 2.05) is 24.3 Å². The Balaban J connectivity index is 2.41. The van der Waals surface area contributed by atoms with Crippen LogP contribution in [0, 0.1) is 0 Å². The average Bonchev–Trinajstić information content (AvgIpc) is 2.41. The van der Waals surface area contributed by atoms with E-state index in [1.54, 1.807) is 7.11 Å². The second-order valence-electron chi connectivity index (χ2n) is 5.00. The van der Waals surface area contributed by atoms with Gasteiger partial charge in [-0.1, -0.05) is 23.7 Å². The molecule has 0 spiro atoms. The summed E-state index contributed by atoms with van der Waals surface area (Å²) >= 11 is 5.96. The first kappa shape index (κ1) is 15.8. The predicted octanol–water partition coefficient (Wildman–Crippen LogP) is 2.20. The van der Waals surface area contributed by atoms with Crippen LogP contribution in [0.4, 0.5) is 0 Å². The summed E-state index contributed by atoms with van der Waals surface area (Å²) in [6.45, 7) is 3.33. The topological polar surface area (TPSA) is 61.2 Å². The highest BCUT2D eigenvalue weighted by molar-refractivity contribution is 7.70. The highest BCUT2D eigenvalue weighted by atomic mass is 35.5. The molecule has 112 valence electrons.